The zero-order valence-electron chi connectivity index (χ0n) is 21.7. The van der Waals surface area contributed by atoms with E-state index in [0.717, 1.165) is 13.1 Å². The predicted octanol–water partition coefficient (Wildman–Crippen LogP) is 6.68. The zero-order valence-corrected chi connectivity index (χ0v) is 21.7. The number of rotatable bonds is 11. The molecule has 2 aromatic carbocycles. The van der Waals surface area contributed by atoms with Crippen LogP contribution in [0.5, 0.6) is 0 Å². The number of hydrogen-bond acceptors (Lipinski definition) is 3. The molecule has 34 heavy (non-hydrogen) atoms. The van der Waals surface area contributed by atoms with Crippen LogP contribution in [0.4, 0.5) is 5.69 Å². The molecule has 1 aromatic heterocycles. The van der Waals surface area contributed by atoms with Gasteiger partial charge < -0.3 is 20.1 Å². The second-order valence-corrected chi connectivity index (χ2v) is 10.5. The van der Waals surface area contributed by atoms with Gasteiger partial charge in [-0.15, -0.1) is 0 Å². The Hall–Kier alpha value is -2.30. The van der Waals surface area contributed by atoms with Crippen LogP contribution in [0.25, 0.3) is 22.2 Å². The molecule has 0 spiro atoms. The van der Waals surface area contributed by atoms with E-state index in [0.29, 0.717) is 18.1 Å². The van der Waals surface area contributed by atoms with Crippen LogP contribution in [0, 0.1) is 0 Å². The van der Waals surface area contributed by atoms with Gasteiger partial charge in [-0.2, -0.15) is 0 Å². The maximum Gasteiger partial charge on any atom is 0.0465 e. The Morgan fingerprint density at radius 3 is 2.56 bits per heavy atom. The molecule has 2 heterocycles. The van der Waals surface area contributed by atoms with Crippen molar-refractivity contribution in [1.82, 2.24) is 15.2 Å². The summed E-state index contributed by atoms with van der Waals surface area (Å²) in [6.07, 6.45) is 8.99. The minimum atomic E-state index is 0.566. The summed E-state index contributed by atoms with van der Waals surface area (Å²) in [5.41, 5.74) is 5.00. The first kappa shape index (κ1) is 24.8. The van der Waals surface area contributed by atoms with Crippen LogP contribution < -0.4 is 10.2 Å². The summed E-state index contributed by atoms with van der Waals surface area (Å²) < 4.78 is 0. The molecule has 2 atom stereocenters. The minimum Gasteiger partial charge on any atom is -0.371 e. The third-order valence-corrected chi connectivity index (χ3v) is 7.56. The van der Waals surface area contributed by atoms with Crippen molar-refractivity contribution in [1.29, 1.82) is 0 Å². The van der Waals surface area contributed by atoms with E-state index in [1.165, 1.54) is 72.8 Å². The number of aromatic amines is 1. The molecule has 3 aromatic rings. The summed E-state index contributed by atoms with van der Waals surface area (Å²) in [6, 6.07) is 21.7. The average Bonchev–Trinajstić information content (AvgIpc) is 3.28. The lowest BCUT2D eigenvalue weighted by atomic mass is 9.98. The summed E-state index contributed by atoms with van der Waals surface area (Å²) in [5.74, 6) is 0. The highest BCUT2D eigenvalue weighted by Crippen LogP contribution is 2.29. The first-order valence-electron chi connectivity index (χ1n) is 13.4. The van der Waals surface area contributed by atoms with E-state index in [4.69, 9.17) is 0 Å². The molecule has 1 fully saturated rings. The number of nitrogens with zero attached hydrogens (tertiary/aromatic N) is 2. The van der Waals surface area contributed by atoms with E-state index in [1.54, 1.807) is 0 Å². The van der Waals surface area contributed by atoms with Gasteiger partial charge in [-0.1, -0.05) is 56.5 Å². The van der Waals surface area contributed by atoms with E-state index < -0.39 is 0 Å². The van der Waals surface area contributed by atoms with E-state index in [1.807, 2.05) is 0 Å². The zero-order chi connectivity index (χ0) is 23.9. The molecule has 1 aliphatic rings. The Labute approximate surface area is 206 Å². The van der Waals surface area contributed by atoms with E-state index in [9.17, 15) is 0 Å². The first-order chi connectivity index (χ1) is 16.5. The minimum absolute atomic E-state index is 0.566. The fourth-order valence-corrected chi connectivity index (χ4v) is 5.50. The second-order valence-electron chi connectivity index (χ2n) is 10.5. The average molecular weight is 461 g/mol. The van der Waals surface area contributed by atoms with Gasteiger partial charge in [-0.25, -0.2) is 0 Å². The number of aromatic nitrogens is 1. The molecule has 4 heteroatoms. The smallest absolute Gasteiger partial charge is 0.0465 e. The highest BCUT2D eigenvalue weighted by atomic mass is 15.2. The summed E-state index contributed by atoms with van der Waals surface area (Å²) in [7, 11) is 4.48. The fraction of sp³-hybridized carbons (Fsp3) is 0.533. The lowest BCUT2D eigenvalue weighted by Crippen LogP contribution is -2.47. The van der Waals surface area contributed by atoms with Crippen LogP contribution in [0.2, 0.25) is 0 Å². The molecule has 2 N–H and O–H groups in total. The van der Waals surface area contributed by atoms with E-state index in [2.05, 4.69) is 103 Å². The number of piperidine rings is 1. The van der Waals surface area contributed by atoms with Gasteiger partial charge in [0.25, 0.3) is 0 Å². The van der Waals surface area contributed by atoms with Gasteiger partial charge in [0.2, 0.25) is 0 Å². The molecular weight excluding hydrogens is 416 g/mol. The summed E-state index contributed by atoms with van der Waals surface area (Å²) in [4.78, 5) is 8.56. The SMILES string of the molecule is CCCCCC(C[C@H](C)NC1CCN(c2cccc(-c3cc4ccccc4[nH]3)c2)CC1)N(C)C. The van der Waals surface area contributed by atoms with Crippen molar-refractivity contribution in [3.05, 3.63) is 54.6 Å². The van der Waals surface area contributed by atoms with Crippen molar-refractivity contribution in [3.8, 4) is 11.3 Å². The monoisotopic (exact) mass is 460 g/mol. The normalized spacial score (nSPS) is 16.9. The Balaban J connectivity index is 1.30. The van der Waals surface area contributed by atoms with Crippen molar-refractivity contribution in [3.63, 3.8) is 0 Å². The lowest BCUT2D eigenvalue weighted by Gasteiger charge is -2.36. The Morgan fingerprint density at radius 1 is 1.03 bits per heavy atom. The van der Waals surface area contributed by atoms with E-state index >= 15 is 0 Å². The van der Waals surface area contributed by atoms with Crippen LogP contribution in [0.15, 0.2) is 54.6 Å². The molecule has 1 unspecified atom stereocenters. The highest BCUT2D eigenvalue weighted by Gasteiger charge is 2.23. The van der Waals surface area contributed by atoms with Crippen molar-refractivity contribution in [2.24, 2.45) is 0 Å². The molecule has 4 nitrogen and oxygen atoms in total. The highest BCUT2D eigenvalue weighted by molar-refractivity contribution is 5.86. The van der Waals surface area contributed by atoms with Crippen LogP contribution in [0.1, 0.15) is 58.8 Å². The summed E-state index contributed by atoms with van der Waals surface area (Å²) in [5, 5.41) is 5.23. The Kier molecular flexibility index (Phi) is 8.69. The predicted molar refractivity (Wildman–Crippen MR) is 148 cm³/mol. The molecule has 184 valence electrons. The van der Waals surface area contributed by atoms with Crippen molar-refractivity contribution < 1.29 is 0 Å². The van der Waals surface area contributed by atoms with Crippen molar-refractivity contribution >= 4 is 16.6 Å². The molecule has 0 amide bonds. The second kappa shape index (κ2) is 11.9. The number of nitrogens with one attached hydrogen (secondary N) is 2. The molecular formula is C30H44N4. The quantitative estimate of drug-likeness (QED) is 0.313. The molecule has 1 aliphatic heterocycles. The summed E-state index contributed by atoms with van der Waals surface area (Å²) >= 11 is 0. The maximum absolute atomic E-state index is 3.96. The Bertz CT molecular complexity index is 982. The van der Waals surface area contributed by atoms with Gasteiger partial charge in [0.15, 0.2) is 0 Å². The van der Waals surface area contributed by atoms with Crippen molar-refractivity contribution in [2.75, 3.05) is 32.1 Å². The van der Waals surface area contributed by atoms with Gasteiger partial charge in [0.05, 0.1) is 0 Å². The number of unbranched alkanes of at least 4 members (excludes halogenated alkanes) is 2. The van der Waals surface area contributed by atoms with Crippen LogP contribution in [0.3, 0.4) is 0 Å². The van der Waals surface area contributed by atoms with Gasteiger partial charge in [0, 0.05) is 53.5 Å². The number of H-pyrrole nitrogens is 1. The molecule has 0 radical (unpaired) electrons. The van der Waals surface area contributed by atoms with Gasteiger partial charge in [0.1, 0.15) is 0 Å². The van der Waals surface area contributed by atoms with Gasteiger partial charge in [-0.05, 0) is 76.5 Å². The largest absolute Gasteiger partial charge is 0.371 e. The van der Waals surface area contributed by atoms with Crippen LogP contribution in [-0.2, 0) is 0 Å². The number of hydrogen-bond donors (Lipinski definition) is 2. The topological polar surface area (TPSA) is 34.3 Å². The number of anilines is 1. The maximum atomic E-state index is 3.96. The van der Waals surface area contributed by atoms with Gasteiger partial charge in [-0.3, -0.25) is 0 Å². The molecule has 0 saturated carbocycles. The molecule has 0 bridgehead atoms. The third kappa shape index (κ3) is 6.43. The van der Waals surface area contributed by atoms with Crippen LogP contribution >= 0.6 is 0 Å². The van der Waals surface area contributed by atoms with Gasteiger partial charge >= 0.3 is 0 Å². The third-order valence-electron chi connectivity index (χ3n) is 7.56. The van der Waals surface area contributed by atoms with Crippen LogP contribution in [-0.4, -0.2) is 55.2 Å². The number of benzene rings is 2. The molecule has 1 saturated heterocycles. The van der Waals surface area contributed by atoms with Crippen molar-refractivity contribution in [2.45, 2.75) is 76.9 Å². The first-order valence-corrected chi connectivity index (χ1v) is 13.4. The lowest BCUT2D eigenvalue weighted by molar-refractivity contribution is 0.229. The standard InChI is InChI=1S/C30H44N4/c1-5-6-7-13-27(33(3)4)20-23(2)31-26-16-18-34(19-17-26)28-14-10-12-24(21-28)30-22-25-11-8-9-15-29(25)32-30/h8-12,14-15,21-23,26-27,31-32H,5-7,13,16-20H2,1-4H3/t23-,27?/m0/s1. The fourth-order valence-electron chi connectivity index (χ4n) is 5.50. The number of para-hydroxylation sites is 1. The Morgan fingerprint density at radius 2 is 1.82 bits per heavy atom. The van der Waals surface area contributed by atoms with E-state index in [-0.39, 0.29) is 0 Å². The molecule has 0 aliphatic carbocycles. The molecule has 4 rings (SSSR count). The summed E-state index contributed by atoms with van der Waals surface area (Å²) in [6.45, 7) is 6.91. The number of fused-ring (bicyclic) bond motifs is 1.